The van der Waals surface area contributed by atoms with E-state index in [1.54, 1.807) is 6.07 Å². The van der Waals surface area contributed by atoms with Crippen molar-refractivity contribution in [3.05, 3.63) is 56.8 Å². The number of nitrogens with zero attached hydrogens (tertiary/aromatic N) is 1. The van der Waals surface area contributed by atoms with Crippen molar-refractivity contribution in [1.29, 1.82) is 0 Å². The highest BCUT2D eigenvalue weighted by molar-refractivity contribution is 9.10. The molecule has 0 saturated carbocycles. The highest BCUT2D eigenvalue weighted by Crippen LogP contribution is 2.37. The van der Waals surface area contributed by atoms with Crippen LogP contribution in [0.25, 0.3) is 0 Å². The lowest BCUT2D eigenvalue weighted by molar-refractivity contribution is -0.384. The second kappa shape index (κ2) is 5.85. The van der Waals surface area contributed by atoms with Gasteiger partial charge in [0.15, 0.2) is 0 Å². The van der Waals surface area contributed by atoms with E-state index in [-0.39, 0.29) is 27.3 Å². The van der Waals surface area contributed by atoms with Crippen molar-refractivity contribution >= 4 is 27.3 Å². The summed E-state index contributed by atoms with van der Waals surface area (Å²) in [6.45, 7) is 0. The van der Waals surface area contributed by atoms with Gasteiger partial charge < -0.3 is 10.2 Å². The van der Waals surface area contributed by atoms with Gasteiger partial charge in [-0.25, -0.2) is 4.39 Å². The van der Waals surface area contributed by atoms with Gasteiger partial charge in [0.05, 0.1) is 9.40 Å². The van der Waals surface area contributed by atoms with Crippen LogP contribution < -0.4 is 16.0 Å². The minimum absolute atomic E-state index is 0.00366. The van der Waals surface area contributed by atoms with Crippen LogP contribution in [-0.4, -0.2) is 4.92 Å². The van der Waals surface area contributed by atoms with Gasteiger partial charge in [0.25, 0.3) is 0 Å². The number of anilines is 1. The number of hydrazine groups is 1. The third-order valence-corrected chi connectivity index (χ3v) is 3.06. The number of nitrogens with one attached hydrogen (secondary N) is 1. The van der Waals surface area contributed by atoms with Crippen LogP contribution in [-0.2, 0) is 0 Å². The molecule has 0 saturated heterocycles. The topological polar surface area (TPSA) is 90.4 Å². The van der Waals surface area contributed by atoms with Crippen molar-refractivity contribution in [3.8, 4) is 11.5 Å². The molecular weight excluding hydrogens is 333 g/mol. The quantitative estimate of drug-likeness (QED) is 0.504. The summed E-state index contributed by atoms with van der Waals surface area (Å²) in [5.74, 6) is 5.04. The highest BCUT2D eigenvalue weighted by atomic mass is 79.9. The third kappa shape index (κ3) is 2.86. The molecule has 0 heterocycles. The van der Waals surface area contributed by atoms with Gasteiger partial charge in [-0.15, -0.1) is 0 Å². The summed E-state index contributed by atoms with van der Waals surface area (Å²) < 4.78 is 18.7. The van der Waals surface area contributed by atoms with Crippen molar-refractivity contribution < 1.29 is 14.1 Å². The Balaban J connectivity index is 2.42. The summed E-state index contributed by atoms with van der Waals surface area (Å²) in [6.07, 6.45) is 0. The Morgan fingerprint density at radius 3 is 2.70 bits per heavy atom. The maximum atomic E-state index is 13.1. The van der Waals surface area contributed by atoms with E-state index >= 15 is 0 Å². The molecule has 0 aromatic heterocycles. The SMILES string of the molecule is NNc1cccc(Oc2ccc(F)c(Br)c2)c1[N+](=O)[O-]. The number of nitro groups is 1. The number of ether oxygens (including phenoxy) is 1. The zero-order valence-corrected chi connectivity index (χ0v) is 11.6. The van der Waals surface area contributed by atoms with Crippen LogP contribution in [0, 0.1) is 15.9 Å². The van der Waals surface area contributed by atoms with E-state index in [0.29, 0.717) is 0 Å². The molecule has 8 heteroatoms. The minimum Gasteiger partial charge on any atom is -0.450 e. The third-order valence-electron chi connectivity index (χ3n) is 2.46. The molecule has 0 aliphatic carbocycles. The lowest BCUT2D eigenvalue weighted by atomic mass is 10.2. The first-order valence-corrected chi connectivity index (χ1v) is 6.19. The fourth-order valence-corrected chi connectivity index (χ4v) is 1.93. The Morgan fingerprint density at radius 2 is 2.10 bits per heavy atom. The zero-order chi connectivity index (χ0) is 14.7. The number of nitro benzene ring substituents is 1. The summed E-state index contributed by atoms with van der Waals surface area (Å²) in [5, 5.41) is 11.1. The van der Waals surface area contributed by atoms with E-state index in [0.717, 1.165) is 0 Å². The number of nitrogens with two attached hydrogens (primary N) is 1. The van der Waals surface area contributed by atoms with Crippen LogP contribution in [0.15, 0.2) is 40.9 Å². The van der Waals surface area contributed by atoms with Gasteiger partial charge in [0, 0.05) is 0 Å². The Labute approximate surface area is 121 Å². The predicted octanol–water partition coefficient (Wildman–Crippen LogP) is 3.57. The molecule has 0 aliphatic heterocycles. The van der Waals surface area contributed by atoms with Crippen LogP contribution in [0.2, 0.25) is 0 Å². The first-order valence-electron chi connectivity index (χ1n) is 5.40. The molecule has 0 bridgehead atoms. The van der Waals surface area contributed by atoms with Crippen LogP contribution in [0.1, 0.15) is 0 Å². The fourth-order valence-electron chi connectivity index (χ4n) is 1.58. The van der Waals surface area contributed by atoms with Crippen molar-refractivity contribution in [2.45, 2.75) is 0 Å². The van der Waals surface area contributed by atoms with Gasteiger partial charge in [-0.2, -0.15) is 0 Å². The normalized spacial score (nSPS) is 10.2. The van der Waals surface area contributed by atoms with Gasteiger partial charge in [-0.05, 0) is 46.3 Å². The Bertz CT molecular complexity index is 666. The zero-order valence-electron chi connectivity index (χ0n) is 9.97. The molecular formula is C12H9BrFN3O3. The van der Waals surface area contributed by atoms with Crippen molar-refractivity contribution in [2.75, 3.05) is 5.43 Å². The number of halogens is 2. The number of benzene rings is 2. The van der Waals surface area contributed by atoms with Crippen molar-refractivity contribution in [1.82, 2.24) is 0 Å². The lowest BCUT2D eigenvalue weighted by Gasteiger charge is -2.09. The standard InChI is InChI=1S/C12H9BrFN3O3/c13-8-6-7(4-5-9(8)14)20-11-3-1-2-10(16-15)12(11)17(18)19/h1-6,16H,15H2. The molecule has 104 valence electrons. The number of hydrogen-bond acceptors (Lipinski definition) is 5. The summed E-state index contributed by atoms with van der Waals surface area (Å²) >= 11 is 3.01. The summed E-state index contributed by atoms with van der Waals surface area (Å²) in [5.41, 5.74) is 2.06. The molecule has 6 nitrogen and oxygen atoms in total. The molecule has 0 radical (unpaired) electrons. The Hall–Kier alpha value is -2.19. The number of rotatable bonds is 4. The van der Waals surface area contributed by atoms with Gasteiger partial charge in [-0.3, -0.25) is 16.0 Å². The first kappa shape index (κ1) is 14.2. The van der Waals surface area contributed by atoms with E-state index in [1.165, 1.54) is 30.3 Å². The molecule has 0 aliphatic rings. The maximum Gasteiger partial charge on any atom is 0.335 e. The Morgan fingerprint density at radius 1 is 1.35 bits per heavy atom. The number of hydrogen-bond donors (Lipinski definition) is 2. The predicted molar refractivity (Wildman–Crippen MR) is 75.1 cm³/mol. The first-order chi connectivity index (χ1) is 9.52. The molecule has 0 spiro atoms. The Kier molecular flexibility index (Phi) is 4.16. The fraction of sp³-hybridized carbons (Fsp3) is 0. The molecule has 3 N–H and O–H groups in total. The summed E-state index contributed by atoms with van der Waals surface area (Å²) in [7, 11) is 0. The molecule has 2 aromatic rings. The monoisotopic (exact) mass is 341 g/mol. The van der Waals surface area contributed by atoms with E-state index in [2.05, 4.69) is 21.4 Å². The van der Waals surface area contributed by atoms with Crippen LogP contribution >= 0.6 is 15.9 Å². The molecule has 2 aromatic carbocycles. The largest absolute Gasteiger partial charge is 0.450 e. The smallest absolute Gasteiger partial charge is 0.335 e. The van der Waals surface area contributed by atoms with E-state index in [1.807, 2.05) is 0 Å². The molecule has 2 rings (SSSR count). The average Bonchev–Trinajstić information content (AvgIpc) is 2.42. The van der Waals surface area contributed by atoms with Gasteiger partial charge in [0.2, 0.25) is 5.75 Å². The van der Waals surface area contributed by atoms with Crippen LogP contribution in [0.4, 0.5) is 15.8 Å². The molecule has 20 heavy (non-hydrogen) atoms. The molecule has 0 amide bonds. The van der Waals surface area contributed by atoms with Gasteiger partial charge >= 0.3 is 5.69 Å². The maximum absolute atomic E-state index is 13.1. The van der Waals surface area contributed by atoms with Gasteiger partial charge in [-0.1, -0.05) is 6.07 Å². The lowest BCUT2D eigenvalue weighted by Crippen LogP contribution is -2.09. The van der Waals surface area contributed by atoms with Crippen LogP contribution in [0.3, 0.4) is 0 Å². The highest BCUT2D eigenvalue weighted by Gasteiger charge is 2.21. The number of nitrogen functional groups attached to an aromatic ring is 1. The van der Waals surface area contributed by atoms with E-state index < -0.39 is 10.7 Å². The minimum atomic E-state index is -0.608. The second-order valence-corrected chi connectivity index (χ2v) is 4.59. The van der Waals surface area contributed by atoms with Crippen LogP contribution in [0.5, 0.6) is 11.5 Å². The molecule has 0 unspecified atom stereocenters. The summed E-state index contributed by atoms with van der Waals surface area (Å²) in [4.78, 5) is 10.5. The molecule has 0 fully saturated rings. The average molecular weight is 342 g/mol. The van der Waals surface area contributed by atoms with Crippen molar-refractivity contribution in [3.63, 3.8) is 0 Å². The van der Waals surface area contributed by atoms with E-state index in [9.17, 15) is 14.5 Å². The summed E-state index contributed by atoms with van der Waals surface area (Å²) in [6, 6.07) is 8.36. The van der Waals surface area contributed by atoms with E-state index in [4.69, 9.17) is 10.6 Å². The van der Waals surface area contributed by atoms with Gasteiger partial charge in [0.1, 0.15) is 17.3 Å². The second-order valence-electron chi connectivity index (χ2n) is 3.73. The number of para-hydroxylation sites is 1. The molecule has 0 atom stereocenters. The van der Waals surface area contributed by atoms with Crippen molar-refractivity contribution in [2.24, 2.45) is 5.84 Å².